The molecule has 1 aromatic heterocycles. The highest BCUT2D eigenvalue weighted by molar-refractivity contribution is 7.13. The lowest BCUT2D eigenvalue weighted by molar-refractivity contribution is 0.0770. The Bertz CT molecular complexity index is 694. The number of ether oxygens (including phenoxy) is 1. The lowest BCUT2D eigenvalue weighted by atomic mass is 10.3. The first-order chi connectivity index (χ1) is 11.6. The van der Waals surface area contributed by atoms with Gasteiger partial charge in [0.25, 0.3) is 5.91 Å². The minimum atomic E-state index is 0.0754. The van der Waals surface area contributed by atoms with Crippen LogP contribution in [0.5, 0.6) is 5.75 Å². The van der Waals surface area contributed by atoms with Gasteiger partial charge < -0.3 is 15.0 Å². The van der Waals surface area contributed by atoms with Crippen molar-refractivity contribution in [2.45, 2.75) is 20.0 Å². The maximum Gasteiger partial charge on any atom is 0.265 e. The molecule has 0 atom stereocenters. The number of aromatic nitrogens is 1. The standard InChI is InChI=1S/C17H20ClN3O2S/c1-12-16(17(22)21-9-2-7-19-8-10-21)24-15(20-12)11-23-14-5-3-13(18)4-6-14/h3-6,19H,2,7-11H2,1H3. The quantitative estimate of drug-likeness (QED) is 0.904. The summed E-state index contributed by atoms with van der Waals surface area (Å²) in [6.45, 7) is 5.57. The number of nitrogens with zero attached hydrogens (tertiary/aromatic N) is 2. The Morgan fingerprint density at radius 3 is 2.92 bits per heavy atom. The topological polar surface area (TPSA) is 54.5 Å². The van der Waals surface area contributed by atoms with Crippen LogP contribution in [0, 0.1) is 6.92 Å². The van der Waals surface area contributed by atoms with Crippen molar-refractivity contribution in [2.24, 2.45) is 0 Å². The van der Waals surface area contributed by atoms with Crippen LogP contribution in [-0.2, 0) is 6.61 Å². The zero-order valence-corrected chi connectivity index (χ0v) is 15.1. The van der Waals surface area contributed by atoms with Crippen LogP contribution in [0.15, 0.2) is 24.3 Å². The van der Waals surface area contributed by atoms with E-state index in [0.29, 0.717) is 16.5 Å². The van der Waals surface area contributed by atoms with E-state index >= 15 is 0 Å². The highest BCUT2D eigenvalue weighted by Gasteiger charge is 2.22. The van der Waals surface area contributed by atoms with Crippen molar-refractivity contribution < 1.29 is 9.53 Å². The number of halogens is 1. The van der Waals surface area contributed by atoms with Gasteiger partial charge >= 0.3 is 0 Å². The molecule has 1 aliphatic heterocycles. The number of hydrogen-bond acceptors (Lipinski definition) is 5. The fourth-order valence-corrected chi connectivity index (χ4v) is 3.65. The van der Waals surface area contributed by atoms with Gasteiger partial charge in [-0.2, -0.15) is 0 Å². The molecule has 0 aliphatic carbocycles. The van der Waals surface area contributed by atoms with Gasteiger partial charge in [0, 0.05) is 24.7 Å². The number of rotatable bonds is 4. The summed E-state index contributed by atoms with van der Waals surface area (Å²) in [6, 6.07) is 7.21. The summed E-state index contributed by atoms with van der Waals surface area (Å²) in [4.78, 5) is 19.8. The molecule has 128 valence electrons. The summed E-state index contributed by atoms with van der Waals surface area (Å²) in [7, 11) is 0. The summed E-state index contributed by atoms with van der Waals surface area (Å²) in [6.07, 6.45) is 0.982. The summed E-state index contributed by atoms with van der Waals surface area (Å²) in [5.41, 5.74) is 0.775. The molecule has 0 unspecified atom stereocenters. The first-order valence-corrected chi connectivity index (χ1v) is 9.17. The number of carbonyl (C=O) groups excluding carboxylic acids is 1. The smallest absolute Gasteiger partial charge is 0.265 e. The Labute approximate surface area is 150 Å². The van der Waals surface area contributed by atoms with Crippen molar-refractivity contribution in [2.75, 3.05) is 26.2 Å². The van der Waals surface area contributed by atoms with Gasteiger partial charge in [-0.3, -0.25) is 4.79 Å². The van der Waals surface area contributed by atoms with Gasteiger partial charge in [-0.25, -0.2) is 4.98 Å². The number of benzene rings is 1. The highest BCUT2D eigenvalue weighted by atomic mass is 35.5. The predicted octanol–water partition coefficient (Wildman–Crippen LogP) is 3.12. The van der Waals surface area contributed by atoms with Crippen molar-refractivity contribution >= 4 is 28.8 Å². The molecule has 0 spiro atoms. The first-order valence-electron chi connectivity index (χ1n) is 7.98. The van der Waals surface area contributed by atoms with Crippen LogP contribution in [0.2, 0.25) is 5.02 Å². The van der Waals surface area contributed by atoms with Crippen LogP contribution in [0.4, 0.5) is 0 Å². The molecule has 1 aliphatic rings. The third kappa shape index (κ3) is 4.26. The molecule has 0 saturated carbocycles. The van der Waals surface area contributed by atoms with Crippen LogP contribution < -0.4 is 10.1 Å². The van der Waals surface area contributed by atoms with Crippen LogP contribution in [-0.4, -0.2) is 42.0 Å². The molecule has 3 rings (SSSR count). The Hall–Kier alpha value is -1.63. The largest absolute Gasteiger partial charge is 0.486 e. The van der Waals surface area contributed by atoms with E-state index in [1.165, 1.54) is 11.3 Å². The molecule has 1 N–H and O–H groups in total. The van der Waals surface area contributed by atoms with Crippen molar-refractivity contribution in [1.82, 2.24) is 15.2 Å². The third-order valence-electron chi connectivity index (χ3n) is 3.84. The molecule has 7 heteroatoms. The number of amides is 1. The van der Waals surface area contributed by atoms with Gasteiger partial charge in [-0.05, 0) is 44.2 Å². The van der Waals surface area contributed by atoms with Crippen molar-refractivity contribution in [1.29, 1.82) is 0 Å². The minimum absolute atomic E-state index is 0.0754. The molecule has 5 nitrogen and oxygen atoms in total. The molecule has 2 aromatic rings. The fourth-order valence-electron chi connectivity index (χ4n) is 2.58. The second-order valence-electron chi connectivity index (χ2n) is 5.66. The molecule has 0 radical (unpaired) electrons. The second kappa shape index (κ2) is 7.96. The molecule has 0 bridgehead atoms. The average molecular weight is 366 g/mol. The molecular formula is C17H20ClN3O2S. The Morgan fingerprint density at radius 1 is 1.33 bits per heavy atom. The third-order valence-corrected chi connectivity index (χ3v) is 5.21. The van der Waals surface area contributed by atoms with E-state index in [9.17, 15) is 4.79 Å². The van der Waals surface area contributed by atoms with Gasteiger partial charge in [0.1, 0.15) is 22.2 Å². The fraction of sp³-hybridized carbons (Fsp3) is 0.412. The first kappa shape index (κ1) is 17.2. The zero-order chi connectivity index (χ0) is 16.9. The highest BCUT2D eigenvalue weighted by Crippen LogP contribution is 2.23. The molecular weight excluding hydrogens is 346 g/mol. The van der Waals surface area contributed by atoms with E-state index in [1.54, 1.807) is 12.1 Å². The van der Waals surface area contributed by atoms with Crippen LogP contribution in [0.1, 0.15) is 26.8 Å². The van der Waals surface area contributed by atoms with E-state index in [1.807, 2.05) is 24.0 Å². The Kier molecular flexibility index (Phi) is 5.71. The van der Waals surface area contributed by atoms with Gasteiger partial charge in [0.05, 0.1) is 5.69 Å². The Balaban J connectivity index is 1.65. The number of nitrogens with one attached hydrogen (secondary N) is 1. The van der Waals surface area contributed by atoms with Crippen LogP contribution in [0.3, 0.4) is 0 Å². The molecule has 1 aromatic carbocycles. The maximum absolute atomic E-state index is 12.7. The maximum atomic E-state index is 12.7. The monoisotopic (exact) mass is 365 g/mol. The molecule has 1 amide bonds. The van der Waals surface area contributed by atoms with Crippen molar-refractivity contribution in [3.05, 3.63) is 44.9 Å². The zero-order valence-electron chi connectivity index (χ0n) is 13.5. The van der Waals surface area contributed by atoms with E-state index < -0.39 is 0 Å². The average Bonchev–Trinajstić information content (AvgIpc) is 2.78. The SMILES string of the molecule is Cc1nc(COc2ccc(Cl)cc2)sc1C(=O)N1CCCNCC1. The number of hydrogen-bond donors (Lipinski definition) is 1. The Morgan fingerprint density at radius 2 is 2.12 bits per heavy atom. The molecule has 1 saturated heterocycles. The van der Waals surface area contributed by atoms with Gasteiger partial charge in [0.15, 0.2) is 0 Å². The summed E-state index contributed by atoms with van der Waals surface area (Å²) < 4.78 is 5.71. The van der Waals surface area contributed by atoms with E-state index in [0.717, 1.165) is 49.1 Å². The lowest BCUT2D eigenvalue weighted by Crippen LogP contribution is -2.34. The number of thiazole rings is 1. The van der Waals surface area contributed by atoms with Gasteiger partial charge in [-0.15, -0.1) is 11.3 Å². The van der Waals surface area contributed by atoms with Gasteiger partial charge in [-0.1, -0.05) is 11.6 Å². The van der Waals surface area contributed by atoms with Crippen LogP contribution in [0.25, 0.3) is 0 Å². The second-order valence-corrected chi connectivity index (χ2v) is 7.18. The summed E-state index contributed by atoms with van der Waals surface area (Å²) >= 11 is 7.28. The molecule has 2 heterocycles. The molecule has 24 heavy (non-hydrogen) atoms. The number of carbonyl (C=O) groups is 1. The van der Waals surface area contributed by atoms with E-state index in [4.69, 9.17) is 16.3 Å². The van der Waals surface area contributed by atoms with E-state index in [-0.39, 0.29) is 5.91 Å². The van der Waals surface area contributed by atoms with Crippen molar-refractivity contribution in [3.63, 3.8) is 0 Å². The lowest BCUT2D eigenvalue weighted by Gasteiger charge is -2.19. The summed E-state index contributed by atoms with van der Waals surface area (Å²) in [5, 5.41) is 4.79. The number of aryl methyl sites for hydroxylation is 1. The van der Waals surface area contributed by atoms with Gasteiger partial charge in [0.2, 0.25) is 0 Å². The van der Waals surface area contributed by atoms with Crippen LogP contribution >= 0.6 is 22.9 Å². The van der Waals surface area contributed by atoms with Crippen molar-refractivity contribution in [3.8, 4) is 5.75 Å². The predicted molar refractivity (Wildman–Crippen MR) is 96.0 cm³/mol. The normalized spacial score (nSPS) is 15.2. The van der Waals surface area contributed by atoms with E-state index in [2.05, 4.69) is 10.3 Å². The summed E-state index contributed by atoms with van der Waals surface area (Å²) in [5.74, 6) is 0.810. The molecule has 1 fully saturated rings. The minimum Gasteiger partial charge on any atom is -0.486 e.